The molecule has 0 radical (unpaired) electrons. The quantitative estimate of drug-likeness (QED) is 0.567. The van der Waals surface area contributed by atoms with E-state index in [0.717, 1.165) is 18.2 Å². The lowest BCUT2D eigenvalue weighted by atomic mass is 9.95. The highest BCUT2D eigenvalue weighted by molar-refractivity contribution is 5.78. The van der Waals surface area contributed by atoms with Gasteiger partial charge in [-0.1, -0.05) is 6.58 Å². The van der Waals surface area contributed by atoms with Gasteiger partial charge >= 0.3 is 5.97 Å². The first-order valence-corrected chi connectivity index (χ1v) is 6.41. The van der Waals surface area contributed by atoms with Crippen molar-refractivity contribution in [2.75, 3.05) is 13.2 Å². The van der Waals surface area contributed by atoms with E-state index in [9.17, 15) is 13.6 Å². The summed E-state index contributed by atoms with van der Waals surface area (Å²) in [6, 6.07) is 2.98. The van der Waals surface area contributed by atoms with Gasteiger partial charge in [0.2, 0.25) is 0 Å². The minimum atomic E-state index is -0.834. The molecule has 0 N–H and O–H groups in total. The molecule has 0 aliphatic heterocycles. The van der Waals surface area contributed by atoms with Gasteiger partial charge in [0, 0.05) is 12.5 Å². The molecule has 0 heterocycles. The van der Waals surface area contributed by atoms with E-state index in [1.165, 1.54) is 0 Å². The van der Waals surface area contributed by atoms with Gasteiger partial charge in [0.15, 0.2) is 0 Å². The number of hydrogen-bond donors (Lipinski definition) is 0. The molecule has 1 rings (SSSR count). The summed E-state index contributed by atoms with van der Waals surface area (Å²) in [4.78, 5) is 11.9. The molecule has 5 heteroatoms. The first kappa shape index (κ1) is 16.1. The third kappa shape index (κ3) is 4.64. The summed E-state index contributed by atoms with van der Waals surface area (Å²) in [7, 11) is 0. The topological polar surface area (TPSA) is 35.5 Å². The van der Waals surface area contributed by atoms with Crippen LogP contribution in [0.3, 0.4) is 0 Å². The molecule has 1 unspecified atom stereocenters. The van der Waals surface area contributed by atoms with Crippen LogP contribution in [0.25, 0.3) is 0 Å². The minimum Gasteiger partial charge on any atom is -0.499 e. The van der Waals surface area contributed by atoms with E-state index in [4.69, 9.17) is 9.47 Å². The molecule has 1 atom stereocenters. The van der Waals surface area contributed by atoms with E-state index in [1.807, 2.05) is 0 Å². The van der Waals surface area contributed by atoms with Crippen molar-refractivity contribution in [2.45, 2.75) is 26.2 Å². The fraction of sp³-hybridized carbons (Fsp3) is 0.400. The zero-order valence-corrected chi connectivity index (χ0v) is 11.6. The maximum absolute atomic E-state index is 13.3. The molecule has 0 saturated heterocycles. The minimum absolute atomic E-state index is 0.121. The first-order valence-electron chi connectivity index (χ1n) is 6.41. The third-order valence-electron chi connectivity index (χ3n) is 2.64. The number of ether oxygens (including phenoxy) is 2. The molecule has 0 fully saturated rings. The summed E-state index contributed by atoms with van der Waals surface area (Å²) in [5.74, 6) is -2.50. The van der Waals surface area contributed by atoms with Gasteiger partial charge < -0.3 is 9.47 Å². The fourth-order valence-corrected chi connectivity index (χ4v) is 1.85. The number of benzene rings is 1. The van der Waals surface area contributed by atoms with Crippen LogP contribution in [-0.4, -0.2) is 19.2 Å². The summed E-state index contributed by atoms with van der Waals surface area (Å²) < 4.78 is 36.7. The van der Waals surface area contributed by atoms with Crippen molar-refractivity contribution < 1.29 is 23.0 Å². The van der Waals surface area contributed by atoms with Crippen molar-refractivity contribution in [1.29, 1.82) is 0 Å². The molecular weight excluding hydrogens is 266 g/mol. The second-order valence-electron chi connectivity index (χ2n) is 4.18. The van der Waals surface area contributed by atoms with E-state index in [1.54, 1.807) is 13.8 Å². The van der Waals surface area contributed by atoms with Crippen molar-refractivity contribution in [1.82, 2.24) is 0 Å². The Morgan fingerprint density at radius 3 is 2.20 bits per heavy atom. The second kappa shape index (κ2) is 7.62. The van der Waals surface area contributed by atoms with Gasteiger partial charge in [-0.25, -0.2) is 8.78 Å². The van der Waals surface area contributed by atoms with Gasteiger partial charge in [-0.15, -0.1) is 0 Å². The van der Waals surface area contributed by atoms with Gasteiger partial charge in [-0.3, -0.25) is 4.79 Å². The van der Waals surface area contributed by atoms with Crippen LogP contribution >= 0.6 is 0 Å². The monoisotopic (exact) mass is 284 g/mol. The highest BCUT2D eigenvalue weighted by Gasteiger charge is 2.24. The number of esters is 1. The van der Waals surface area contributed by atoms with Gasteiger partial charge in [-0.05, 0) is 31.5 Å². The molecule has 1 aromatic carbocycles. The Labute approximate surface area is 117 Å². The molecule has 0 aliphatic rings. The van der Waals surface area contributed by atoms with E-state index >= 15 is 0 Å². The Bertz CT molecular complexity index is 466. The number of allylic oxidation sites excluding steroid dienone is 1. The Hall–Kier alpha value is -1.91. The van der Waals surface area contributed by atoms with Crippen LogP contribution in [0.4, 0.5) is 8.78 Å². The molecule has 0 aliphatic carbocycles. The summed E-state index contributed by atoms with van der Waals surface area (Å²) in [6.45, 7) is 7.73. The largest absolute Gasteiger partial charge is 0.499 e. The van der Waals surface area contributed by atoms with Crippen molar-refractivity contribution in [3.63, 3.8) is 0 Å². The first-order chi connectivity index (χ1) is 9.47. The summed E-state index contributed by atoms with van der Waals surface area (Å²) in [6.07, 6.45) is 0.121. The predicted molar refractivity (Wildman–Crippen MR) is 71.1 cm³/mol. The van der Waals surface area contributed by atoms with Gasteiger partial charge in [0.25, 0.3) is 0 Å². The number of rotatable bonds is 7. The lowest BCUT2D eigenvalue weighted by Crippen LogP contribution is -2.17. The predicted octanol–water partition coefficient (Wildman–Crippen LogP) is 3.55. The van der Waals surface area contributed by atoms with Crippen molar-refractivity contribution in [3.8, 4) is 0 Å². The molecule has 0 saturated carbocycles. The summed E-state index contributed by atoms with van der Waals surface area (Å²) >= 11 is 0. The van der Waals surface area contributed by atoms with Crippen LogP contribution < -0.4 is 0 Å². The SMILES string of the molecule is C=C(CC(C(=O)OCC)c1cc(F)cc(F)c1)OCC. The van der Waals surface area contributed by atoms with Gasteiger partial charge in [0.05, 0.1) is 24.9 Å². The lowest BCUT2D eigenvalue weighted by Gasteiger charge is -2.17. The number of carbonyl (C=O) groups is 1. The molecule has 1 aromatic rings. The van der Waals surface area contributed by atoms with Crippen molar-refractivity contribution in [3.05, 3.63) is 47.7 Å². The Morgan fingerprint density at radius 2 is 1.70 bits per heavy atom. The Balaban J connectivity index is 3.02. The van der Waals surface area contributed by atoms with Gasteiger partial charge in [-0.2, -0.15) is 0 Å². The van der Waals surface area contributed by atoms with E-state index in [-0.39, 0.29) is 18.6 Å². The molecule has 0 spiro atoms. The summed E-state index contributed by atoms with van der Waals surface area (Å²) in [5.41, 5.74) is 0.210. The maximum Gasteiger partial charge on any atom is 0.313 e. The number of carbonyl (C=O) groups excluding carboxylic acids is 1. The summed E-state index contributed by atoms with van der Waals surface area (Å²) in [5, 5.41) is 0. The van der Waals surface area contributed by atoms with Crippen molar-refractivity contribution in [2.24, 2.45) is 0 Å². The molecule has 0 aromatic heterocycles. The maximum atomic E-state index is 13.3. The zero-order chi connectivity index (χ0) is 15.1. The van der Waals surface area contributed by atoms with Crippen LogP contribution in [0.1, 0.15) is 31.7 Å². The van der Waals surface area contributed by atoms with Crippen LogP contribution in [0, 0.1) is 11.6 Å². The molecule has 3 nitrogen and oxygen atoms in total. The van der Waals surface area contributed by atoms with Crippen LogP contribution in [0.15, 0.2) is 30.5 Å². The molecule has 0 bridgehead atoms. The molecular formula is C15H18F2O3. The van der Waals surface area contributed by atoms with Crippen molar-refractivity contribution >= 4 is 5.97 Å². The fourth-order valence-electron chi connectivity index (χ4n) is 1.85. The molecule has 0 amide bonds. The average molecular weight is 284 g/mol. The Kier molecular flexibility index (Phi) is 6.15. The smallest absolute Gasteiger partial charge is 0.313 e. The standard InChI is InChI=1S/C15H18F2O3/c1-4-19-10(3)6-14(15(18)20-5-2)11-7-12(16)9-13(17)8-11/h7-9,14H,3-6H2,1-2H3. The molecule has 110 valence electrons. The second-order valence-corrected chi connectivity index (χ2v) is 4.18. The van der Waals surface area contributed by atoms with Gasteiger partial charge in [0.1, 0.15) is 11.6 Å². The van der Waals surface area contributed by atoms with Crippen LogP contribution in [0.5, 0.6) is 0 Å². The van der Waals surface area contributed by atoms with Crippen LogP contribution in [-0.2, 0) is 14.3 Å². The number of halogens is 2. The average Bonchev–Trinajstić information content (AvgIpc) is 2.35. The van der Waals surface area contributed by atoms with E-state index in [0.29, 0.717) is 12.4 Å². The Morgan fingerprint density at radius 1 is 1.15 bits per heavy atom. The van der Waals surface area contributed by atoms with E-state index in [2.05, 4.69) is 6.58 Å². The highest BCUT2D eigenvalue weighted by atomic mass is 19.1. The third-order valence-corrected chi connectivity index (χ3v) is 2.64. The van der Waals surface area contributed by atoms with E-state index < -0.39 is 23.5 Å². The highest BCUT2D eigenvalue weighted by Crippen LogP contribution is 2.26. The molecule has 20 heavy (non-hydrogen) atoms. The van der Waals surface area contributed by atoms with Crippen LogP contribution in [0.2, 0.25) is 0 Å². The normalized spacial score (nSPS) is 11.8. The zero-order valence-electron chi connectivity index (χ0n) is 11.6. The lowest BCUT2D eigenvalue weighted by molar-refractivity contribution is -0.145. The number of hydrogen-bond acceptors (Lipinski definition) is 3.